The number of rotatable bonds is 9. The molecule has 0 aliphatic carbocycles. The molecular formula is C18H31NO. The maximum Gasteiger partial charge on any atom is 0.119 e. The monoisotopic (exact) mass is 277 g/mol. The van der Waals surface area contributed by atoms with Crippen LogP contribution in [0.2, 0.25) is 0 Å². The molecule has 0 amide bonds. The molecule has 0 bridgehead atoms. The van der Waals surface area contributed by atoms with Crippen LogP contribution in [0.5, 0.6) is 5.75 Å². The number of hydrogen-bond donors (Lipinski definition) is 1. The van der Waals surface area contributed by atoms with Crippen LogP contribution in [0.1, 0.15) is 65.5 Å². The Balaban J connectivity index is 2.39. The summed E-state index contributed by atoms with van der Waals surface area (Å²) in [6.07, 6.45) is 3.88. The lowest BCUT2D eigenvalue weighted by Crippen LogP contribution is -2.28. The van der Waals surface area contributed by atoms with Crippen molar-refractivity contribution < 1.29 is 4.74 Å². The average molecular weight is 277 g/mol. The summed E-state index contributed by atoms with van der Waals surface area (Å²) in [6, 6.07) is 9.38. The van der Waals surface area contributed by atoms with Gasteiger partial charge in [0.25, 0.3) is 0 Å². The van der Waals surface area contributed by atoms with Crippen molar-refractivity contribution in [1.29, 1.82) is 0 Å². The Bertz CT molecular complexity index is 358. The van der Waals surface area contributed by atoms with Crippen LogP contribution < -0.4 is 10.1 Å². The van der Waals surface area contributed by atoms with Gasteiger partial charge in [-0.1, -0.05) is 38.8 Å². The lowest BCUT2D eigenvalue weighted by Gasteiger charge is -2.21. The quantitative estimate of drug-likeness (QED) is 0.689. The van der Waals surface area contributed by atoms with E-state index in [2.05, 4.69) is 57.3 Å². The Labute approximate surface area is 124 Å². The normalized spacial score (nSPS) is 14.3. The second-order valence-electron chi connectivity index (χ2n) is 6.12. The molecule has 20 heavy (non-hydrogen) atoms. The molecule has 0 fully saturated rings. The summed E-state index contributed by atoms with van der Waals surface area (Å²) in [5.74, 6) is 1.76. The van der Waals surface area contributed by atoms with Gasteiger partial charge < -0.3 is 10.1 Å². The number of benzene rings is 1. The lowest BCUT2D eigenvalue weighted by atomic mass is 10.0. The first-order chi connectivity index (χ1) is 9.52. The van der Waals surface area contributed by atoms with Gasteiger partial charge in [-0.2, -0.15) is 0 Å². The van der Waals surface area contributed by atoms with Crippen LogP contribution in [0.3, 0.4) is 0 Å². The topological polar surface area (TPSA) is 21.3 Å². The summed E-state index contributed by atoms with van der Waals surface area (Å²) >= 11 is 0. The zero-order chi connectivity index (χ0) is 15.0. The second-order valence-corrected chi connectivity index (χ2v) is 6.12. The van der Waals surface area contributed by atoms with E-state index in [0.717, 1.165) is 18.3 Å². The van der Waals surface area contributed by atoms with Gasteiger partial charge in [0.1, 0.15) is 5.75 Å². The minimum Gasteiger partial charge on any atom is -0.494 e. The van der Waals surface area contributed by atoms with Gasteiger partial charge in [-0.05, 0) is 50.8 Å². The highest BCUT2D eigenvalue weighted by Crippen LogP contribution is 2.19. The molecule has 0 aliphatic rings. The third-order valence-corrected chi connectivity index (χ3v) is 3.64. The molecule has 0 aromatic heterocycles. The third kappa shape index (κ3) is 6.42. The molecule has 1 aromatic rings. The molecule has 0 heterocycles. The summed E-state index contributed by atoms with van der Waals surface area (Å²) in [7, 11) is 0. The standard InChI is InChI=1S/C18H31NO/c1-6-20-18-12-10-17(11-13-18)16(5)19-15(4)9-7-8-14(2)3/h10-16,19H,6-9H2,1-5H3. The molecule has 2 heteroatoms. The van der Waals surface area contributed by atoms with Crippen LogP contribution in [0.15, 0.2) is 24.3 Å². The van der Waals surface area contributed by atoms with Gasteiger partial charge in [0, 0.05) is 12.1 Å². The Kier molecular flexibility index (Phi) is 7.68. The maximum absolute atomic E-state index is 5.48. The lowest BCUT2D eigenvalue weighted by molar-refractivity contribution is 0.340. The van der Waals surface area contributed by atoms with Gasteiger partial charge in [0.15, 0.2) is 0 Å². The van der Waals surface area contributed by atoms with E-state index in [1.54, 1.807) is 0 Å². The summed E-state index contributed by atoms with van der Waals surface area (Å²) in [4.78, 5) is 0. The summed E-state index contributed by atoms with van der Waals surface area (Å²) < 4.78 is 5.48. The fraction of sp³-hybridized carbons (Fsp3) is 0.667. The third-order valence-electron chi connectivity index (χ3n) is 3.64. The van der Waals surface area contributed by atoms with E-state index >= 15 is 0 Å². The highest BCUT2D eigenvalue weighted by atomic mass is 16.5. The minimum absolute atomic E-state index is 0.389. The van der Waals surface area contributed by atoms with Gasteiger partial charge >= 0.3 is 0 Å². The zero-order valence-electron chi connectivity index (χ0n) is 13.8. The first-order valence-corrected chi connectivity index (χ1v) is 8.01. The maximum atomic E-state index is 5.48. The van der Waals surface area contributed by atoms with Gasteiger partial charge in [0.05, 0.1) is 6.61 Å². The molecule has 0 saturated carbocycles. The number of hydrogen-bond acceptors (Lipinski definition) is 2. The van der Waals surface area contributed by atoms with E-state index < -0.39 is 0 Å². The molecule has 1 aromatic carbocycles. The molecule has 2 unspecified atom stereocenters. The van der Waals surface area contributed by atoms with Gasteiger partial charge in [-0.3, -0.25) is 0 Å². The molecule has 2 atom stereocenters. The van der Waals surface area contributed by atoms with E-state index in [9.17, 15) is 0 Å². The summed E-state index contributed by atoms with van der Waals surface area (Å²) in [5.41, 5.74) is 1.32. The Morgan fingerprint density at radius 1 is 1.00 bits per heavy atom. The first-order valence-electron chi connectivity index (χ1n) is 8.01. The van der Waals surface area contributed by atoms with E-state index in [0.29, 0.717) is 12.1 Å². The predicted octanol–water partition coefficient (Wildman–Crippen LogP) is 4.95. The first kappa shape index (κ1) is 17.0. The van der Waals surface area contributed by atoms with Gasteiger partial charge in [-0.25, -0.2) is 0 Å². The highest BCUT2D eigenvalue weighted by molar-refractivity contribution is 5.28. The largest absolute Gasteiger partial charge is 0.494 e. The van der Waals surface area contributed by atoms with Crippen LogP contribution in [0.4, 0.5) is 0 Å². The Morgan fingerprint density at radius 3 is 2.20 bits per heavy atom. The molecular weight excluding hydrogens is 246 g/mol. The van der Waals surface area contributed by atoms with Crippen molar-refractivity contribution in [3.05, 3.63) is 29.8 Å². The average Bonchev–Trinajstić information content (AvgIpc) is 2.39. The van der Waals surface area contributed by atoms with Crippen molar-refractivity contribution in [1.82, 2.24) is 5.32 Å². The Morgan fingerprint density at radius 2 is 1.65 bits per heavy atom. The molecule has 114 valence electrons. The summed E-state index contributed by atoms with van der Waals surface area (Å²) in [5, 5.41) is 3.68. The van der Waals surface area contributed by atoms with Crippen LogP contribution in [0.25, 0.3) is 0 Å². The van der Waals surface area contributed by atoms with Crippen molar-refractivity contribution in [3.8, 4) is 5.75 Å². The second kappa shape index (κ2) is 9.02. The van der Waals surface area contributed by atoms with Crippen molar-refractivity contribution in [2.24, 2.45) is 5.92 Å². The van der Waals surface area contributed by atoms with Crippen molar-refractivity contribution >= 4 is 0 Å². The number of nitrogens with one attached hydrogen (secondary N) is 1. The highest BCUT2D eigenvalue weighted by Gasteiger charge is 2.09. The predicted molar refractivity (Wildman–Crippen MR) is 87.3 cm³/mol. The van der Waals surface area contributed by atoms with Crippen LogP contribution in [-0.2, 0) is 0 Å². The smallest absolute Gasteiger partial charge is 0.119 e. The van der Waals surface area contributed by atoms with Crippen LogP contribution in [-0.4, -0.2) is 12.6 Å². The van der Waals surface area contributed by atoms with Gasteiger partial charge in [0.2, 0.25) is 0 Å². The molecule has 1 N–H and O–H groups in total. The fourth-order valence-electron chi connectivity index (χ4n) is 2.46. The fourth-order valence-corrected chi connectivity index (χ4v) is 2.46. The molecule has 2 nitrogen and oxygen atoms in total. The molecule has 1 rings (SSSR count). The number of ether oxygens (including phenoxy) is 1. The van der Waals surface area contributed by atoms with Crippen LogP contribution in [0, 0.1) is 5.92 Å². The van der Waals surface area contributed by atoms with Crippen molar-refractivity contribution in [3.63, 3.8) is 0 Å². The molecule has 0 radical (unpaired) electrons. The zero-order valence-corrected chi connectivity index (χ0v) is 13.8. The molecule has 0 aliphatic heterocycles. The van der Waals surface area contributed by atoms with E-state index in [-0.39, 0.29) is 0 Å². The van der Waals surface area contributed by atoms with Gasteiger partial charge in [-0.15, -0.1) is 0 Å². The molecule has 0 saturated heterocycles. The van der Waals surface area contributed by atoms with Crippen molar-refractivity contribution in [2.75, 3.05) is 6.61 Å². The van der Waals surface area contributed by atoms with Crippen molar-refractivity contribution in [2.45, 2.75) is 66.0 Å². The summed E-state index contributed by atoms with van der Waals surface area (Å²) in [6.45, 7) is 11.8. The van der Waals surface area contributed by atoms with Crippen LogP contribution >= 0.6 is 0 Å². The Hall–Kier alpha value is -1.02. The van der Waals surface area contributed by atoms with E-state index in [1.807, 2.05) is 6.92 Å². The minimum atomic E-state index is 0.389. The van der Waals surface area contributed by atoms with E-state index in [4.69, 9.17) is 4.74 Å². The van der Waals surface area contributed by atoms with E-state index in [1.165, 1.54) is 24.8 Å². The molecule has 0 spiro atoms. The SMILES string of the molecule is CCOc1ccc(C(C)NC(C)CCCC(C)C)cc1.